The van der Waals surface area contributed by atoms with E-state index in [1.54, 1.807) is 6.08 Å². The van der Waals surface area contributed by atoms with Crippen molar-refractivity contribution in [2.75, 3.05) is 6.54 Å². The molecule has 0 saturated heterocycles. The van der Waals surface area contributed by atoms with E-state index in [9.17, 15) is 4.79 Å². The molecule has 1 rings (SSSR count). The van der Waals surface area contributed by atoms with Crippen LogP contribution >= 0.6 is 0 Å². The number of nitrogens with zero attached hydrogens (tertiary/aromatic N) is 1. The van der Waals surface area contributed by atoms with Gasteiger partial charge in [-0.05, 0) is 31.6 Å². The summed E-state index contributed by atoms with van der Waals surface area (Å²) in [5.74, 6) is 0.755. The lowest BCUT2D eigenvalue weighted by Crippen LogP contribution is -2.41. The molecular formula is C11H19NO2. The Labute approximate surface area is 85.4 Å². The molecule has 0 unspecified atom stereocenters. The molecule has 0 aromatic rings. The smallest absolute Gasteiger partial charge is 0.407 e. The lowest BCUT2D eigenvalue weighted by atomic mass is 9.87. The Morgan fingerprint density at radius 1 is 1.50 bits per heavy atom. The second kappa shape index (κ2) is 5.03. The molecule has 80 valence electrons. The lowest BCUT2D eigenvalue weighted by Gasteiger charge is -2.33. The van der Waals surface area contributed by atoms with E-state index in [0.29, 0.717) is 6.54 Å². The maximum atomic E-state index is 10.9. The summed E-state index contributed by atoms with van der Waals surface area (Å²) in [6, 6.07) is 0.210. The molecule has 0 heterocycles. The van der Waals surface area contributed by atoms with Crippen LogP contribution in [0.15, 0.2) is 12.7 Å². The van der Waals surface area contributed by atoms with Crippen LogP contribution in [-0.4, -0.2) is 28.7 Å². The first-order valence-electron chi connectivity index (χ1n) is 5.25. The van der Waals surface area contributed by atoms with Gasteiger partial charge < -0.3 is 10.0 Å². The van der Waals surface area contributed by atoms with E-state index in [2.05, 4.69) is 13.5 Å². The van der Waals surface area contributed by atoms with Crippen molar-refractivity contribution in [1.82, 2.24) is 4.90 Å². The third-order valence-corrected chi connectivity index (χ3v) is 3.00. The Hall–Kier alpha value is -0.990. The summed E-state index contributed by atoms with van der Waals surface area (Å²) in [6.45, 7) is 6.27. The van der Waals surface area contributed by atoms with Crippen molar-refractivity contribution < 1.29 is 9.90 Å². The van der Waals surface area contributed by atoms with Crippen molar-refractivity contribution in [3.63, 3.8) is 0 Å². The highest BCUT2D eigenvalue weighted by molar-refractivity contribution is 5.65. The largest absolute Gasteiger partial charge is 0.465 e. The quantitative estimate of drug-likeness (QED) is 0.707. The Kier molecular flexibility index (Phi) is 3.98. The molecule has 0 radical (unpaired) electrons. The van der Waals surface area contributed by atoms with Gasteiger partial charge in [-0.25, -0.2) is 4.79 Å². The number of carboxylic acid groups (broad SMARTS) is 1. The molecule has 1 amide bonds. The fraction of sp³-hybridized carbons (Fsp3) is 0.727. The molecule has 3 nitrogen and oxygen atoms in total. The van der Waals surface area contributed by atoms with E-state index >= 15 is 0 Å². The first kappa shape index (κ1) is 11.1. The van der Waals surface area contributed by atoms with Crippen molar-refractivity contribution >= 4 is 6.09 Å². The predicted octanol–water partition coefficient (Wildman–Crippen LogP) is 2.73. The Morgan fingerprint density at radius 3 is 2.50 bits per heavy atom. The Morgan fingerprint density at radius 2 is 2.07 bits per heavy atom. The highest BCUT2D eigenvalue weighted by Crippen LogP contribution is 2.27. The Balaban J connectivity index is 2.51. The van der Waals surface area contributed by atoms with Crippen molar-refractivity contribution in [2.45, 2.75) is 38.6 Å². The van der Waals surface area contributed by atoms with Gasteiger partial charge in [0.2, 0.25) is 0 Å². The SMILES string of the molecule is C=CCN(C(=O)O)[C@H]1CC[C@H](C)CC1. The fourth-order valence-corrected chi connectivity index (χ4v) is 2.08. The summed E-state index contributed by atoms with van der Waals surface area (Å²) in [5.41, 5.74) is 0. The third-order valence-electron chi connectivity index (χ3n) is 3.00. The maximum Gasteiger partial charge on any atom is 0.407 e. The molecule has 1 aliphatic rings. The van der Waals surface area contributed by atoms with E-state index < -0.39 is 6.09 Å². The standard InChI is InChI=1S/C11H19NO2/c1-3-8-12(11(13)14)10-6-4-9(2)5-7-10/h3,9-10H,1,4-8H2,2H3,(H,13,14)/t9-,10-. The third kappa shape index (κ3) is 2.76. The van der Waals surface area contributed by atoms with Gasteiger partial charge in [-0.2, -0.15) is 0 Å². The van der Waals surface area contributed by atoms with E-state index in [1.807, 2.05) is 0 Å². The number of carbonyl (C=O) groups is 1. The van der Waals surface area contributed by atoms with E-state index in [4.69, 9.17) is 5.11 Å². The first-order valence-corrected chi connectivity index (χ1v) is 5.25. The summed E-state index contributed by atoms with van der Waals surface area (Å²) >= 11 is 0. The number of amides is 1. The summed E-state index contributed by atoms with van der Waals surface area (Å²) in [7, 11) is 0. The summed E-state index contributed by atoms with van der Waals surface area (Å²) in [6.07, 6.45) is 5.14. The summed E-state index contributed by atoms with van der Waals surface area (Å²) in [4.78, 5) is 12.5. The highest BCUT2D eigenvalue weighted by Gasteiger charge is 2.26. The molecule has 1 aliphatic carbocycles. The van der Waals surface area contributed by atoms with Gasteiger partial charge in [-0.3, -0.25) is 0 Å². The lowest BCUT2D eigenvalue weighted by molar-refractivity contribution is 0.112. The van der Waals surface area contributed by atoms with E-state index in [1.165, 1.54) is 4.90 Å². The average molecular weight is 197 g/mol. The van der Waals surface area contributed by atoms with E-state index in [0.717, 1.165) is 31.6 Å². The van der Waals surface area contributed by atoms with Crippen LogP contribution in [0.25, 0.3) is 0 Å². The molecule has 0 aliphatic heterocycles. The minimum atomic E-state index is -0.815. The van der Waals surface area contributed by atoms with Crippen LogP contribution in [0.2, 0.25) is 0 Å². The molecule has 0 atom stereocenters. The highest BCUT2D eigenvalue weighted by atomic mass is 16.4. The molecule has 0 aromatic carbocycles. The predicted molar refractivity (Wildman–Crippen MR) is 56.3 cm³/mol. The van der Waals surface area contributed by atoms with Crippen molar-refractivity contribution in [1.29, 1.82) is 0 Å². The molecule has 0 spiro atoms. The second-order valence-electron chi connectivity index (χ2n) is 4.14. The molecule has 1 saturated carbocycles. The van der Waals surface area contributed by atoms with Gasteiger partial charge in [0.1, 0.15) is 0 Å². The van der Waals surface area contributed by atoms with Gasteiger partial charge in [0.05, 0.1) is 0 Å². The molecule has 1 fully saturated rings. The molecular weight excluding hydrogens is 178 g/mol. The number of rotatable bonds is 3. The molecule has 14 heavy (non-hydrogen) atoms. The van der Waals surface area contributed by atoms with Crippen molar-refractivity contribution in [3.05, 3.63) is 12.7 Å². The molecule has 3 heteroatoms. The zero-order chi connectivity index (χ0) is 10.6. The van der Waals surface area contributed by atoms with Crippen LogP contribution in [0.3, 0.4) is 0 Å². The Bertz CT molecular complexity index is 207. The van der Waals surface area contributed by atoms with Crippen LogP contribution < -0.4 is 0 Å². The topological polar surface area (TPSA) is 40.5 Å². The van der Waals surface area contributed by atoms with Gasteiger partial charge in [0.15, 0.2) is 0 Å². The van der Waals surface area contributed by atoms with Gasteiger partial charge in [0.25, 0.3) is 0 Å². The van der Waals surface area contributed by atoms with Crippen LogP contribution in [0.5, 0.6) is 0 Å². The fourth-order valence-electron chi connectivity index (χ4n) is 2.08. The molecule has 0 aromatic heterocycles. The van der Waals surface area contributed by atoms with Gasteiger partial charge in [-0.1, -0.05) is 13.0 Å². The van der Waals surface area contributed by atoms with Gasteiger partial charge in [-0.15, -0.1) is 6.58 Å². The van der Waals surface area contributed by atoms with Gasteiger partial charge >= 0.3 is 6.09 Å². The summed E-state index contributed by atoms with van der Waals surface area (Å²) < 4.78 is 0. The summed E-state index contributed by atoms with van der Waals surface area (Å²) in [5, 5.41) is 9.00. The van der Waals surface area contributed by atoms with Crippen molar-refractivity contribution in [3.8, 4) is 0 Å². The normalized spacial score (nSPS) is 26.9. The average Bonchev–Trinajstić information content (AvgIpc) is 2.15. The van der Waals surface area contributed by atoms with Crippen LogP contribution in [0, 0.1) is 5.92 Å². The first-order chi connectivity index (χ1) is 6.65. The van der Waals surface area contributed by atoms with Crippen LogP contribution in [0.1, 0.15) is 32.6 Å². The zero-order valence-corrected chi connectivity index (χ0v) is 8.78. The molecule has 0 bridgehead atoms. The van der Waals surface area contributed by atoms with Crippen molar-refractivity contribution in [2.24, 2.45) is 5.92 Å². The van der Waals surface area contributed by atoms with Gasteiger partial charge in [0, 0.05) is 12.6 Å². The minimum Gasteiger partial charge on any atom is -0.465 e. The second-order valence-corrected chi connectivity index (χ2v) is 4.14. The maximum absolute atomic E-state index is 10.9. The van der Waals surface area contributed by atoms with Crippen LogP contribution in [0.4, 0.5) is 4.79 Å². The number of hydrogen-bond acceptors (Lipinski definition) is 1. The minimum absolute atomic E-state index is 0.210. The zero-order valence-electron chi connectivity index (χ0n) is 8.78. The van der Waals surface area contributed by atoms with Crippen LogP contribution in [-0.2, 0) is 0 Å². The number of hydrogen-bond donors (Lipinski definition) is 1. The van der Waals surface area contributed by atoms with E-state index in [-0.39, 0.29) is 6.04 Å². The monoisotopic (exact) mass is 197 g/mol. The molecule has 1 N–H and O–H groups in total.